The van der Waals surface area contributed by atoms with E-state index in [2.05, 4.69) is 9.97 Å². The molecule has 1 fully saturated rings. The molecule has 0 atom stereocenters. The molecule has 110 valence electrons. The van der Waals surface area contributed by atoms with Gasteiger partial charge in [-0.2, -0.15) is 0 Å². The summed E-state index contributed by atoms with van der Waals surface area (Å²) in [4.78, 5) is 21.0. The second-order valence-corrected chi connectivity index (χ2v) is 5.51. The molecule has 0 bridgehead atoms. The molecule has 0 amide bonds. The van der Waals surface area contributed by atoms with Crippen LogP contribution >= 0.6 is 0 Å². The number of carbonyl (C=O) groups is 1. The van der Waals surface area contributed by atoms with E-state index in [1.165, 1.54) is 0 Å². The van der Waals surface area contributed by atoms with E-state index in [0.717, 1.165) is 23.7 Å². The summed E-state index contributed by atoms with van der Waals surface area (Å²) >= 11 is 0. The van der Waals surface area contributed by atoms with E-state index in [1.807, 2.05) is 30.3 Å². The average molecular weight is 293 g/mol. The predicted octanol–water partition coefficient (Wildman–Crippen LogP) is 2.99. The van der Waals surface area contributed by atoms with Gasteiger partial charge in [0.15, 0.2) is 0 Å². The van der Waals surface area contributed by atoms with Crippen LogP contribution in [0.15, 0.2) is 48.8 Å². The number of fused-ring (bicyclic) bond motifs is 1. The molecule has 4 rings (SSSR count). The minimum Gasteiger partial charge on any atom is -0.461 e. The Kier molecular flexibility index (Phi) is 3.11. The zero-order chi connectivity index (χ0) is 14.9. The van der Waals surface area contributed by atoms with Crippen LogP contribution in [0.1, 0.15) is 23.3 Å². The highest BCUT2D eigenvalue weighted by molar-refractivity contribution is 5.96. The van der Waals surface area contributed by atoms with E-state index >= 15 is 0 Å². The van der Waals surface area contributed by atoms with Crippen LogP contribution in [0.25, 0.3) is 16.9 Å². The highest BCUT2D eigenvalue weighted by Crippen LogP contribution is 2.29. The maximum Gasteiger partial charge on any atom is 0.355 e. The van der Waals surface area contributed by atoms with E-state index in [1.54, 1.807) is 23.0 Å². The van der Waals surface area contributed by atoms with Crippen molar-refractivity contribution in [3.8, 4) is 5.95 Å². The topological polar surface area (TPSA) is 57.0 Å². The van der Waals surface area contributed by atoms with Gasteiger partial charge < -0.3 is 4.74 Å². The van der Waals surface area contributed by atoms with Gasteiger partial charge in [-0.05, 0) is 37.0 Å². The second kappa shape index (κ2) is 5.26. The summed E-state index contributed by atoms with van der Waals surface area (Å²) in [5.41, 5.74) is 1.36. The Labute approximate surface area is 127 Å². The molecule has 1 aliphatic carbocycles. The van der Waals surface area contributed by atoms with Gasteiger partial charge in [-0.1, -0.05) is 18.2 Å². The summed E-state index contributed by atoms with van der Waals surface area (Å²) in [5.74, 6) is 0.687. The number of nitrogens with zero attached hydrogens (tertiary/aromatic N) is 3. The van der Waals surface area contributed by atoms with E-state index < -0.39 is 0 Å². The van der Waals surface area contributed by atoms with Gasteiger partial charge in [-0.25, -0.2) is 14.8 Å². The minimum atomic E-state index is -0.324. The summed E-state index contributed by atoms with van der Waals surface area (Å²) in [6.45, 7) is 0.496. The van der Waals surface area contributed by atoms with Crippen LogP contribution in [0.5, 0.6) is 0 Å². The number of rotatable bonds is 4. The molecule has 1 aromatic carbocycles. The lowest BCUT2D eigenvalue weighted by molar-refractivity contribution is 0.0477. The molecule has 5 heteroatoms. The second-order valence-electron chi connectivity index (χ2n) is 5.51. The molecule has 0 radical (unpaired) electrons. The molecule has 2 aromatic heterocycles. The summed E-state index contributed by atoms with van der Waals surface area (Å²) in [5, 5.41) is 0.966. The van der Waals surface area contributed by atoms with Crippen LogP contribution in [0.2, 0.25) is 0 Å². The first-order valence-electron chi connectivity index (χ1n) is 7.38. The highest BCUT2D eigenvalue weighted by Gasteiger charge is 2.25. The summed E-state index contributed by atoms with van der Waals surface area (Å²) in [6.07, 6.45) is 5.63. The molecule has 2 heterocycles. The van der Waals surface area contributed by atoms with E-state index in [9.17, 15) is 4.79 Å². The molecule has 22 heavy (non-hydrogen) atoms. The molecule has 3 aromatic rings. The molecule has 0 saturated heterocycles. The average Bonchev–Trinajstić information content (AvgIpc) is 3.31. The van der Waals surface area contributed by atoms with Gasteiger partial charge in [0, 0.05) is 17.8 Å². The molecular formula is C17H15N3O2. The lowest BCUT2D eigenvalue weighted by Gasteiger charge is -2.08. The van der Waals surface area contributed by atoms with Crippen LogP contribution < -0.4 is 0 Å². The Morgan fingerprint density at radius 3 is 2.73 bits per heavy atom. The number of esters is 1. The molecule has 1 saturated carbocycles. The van der Waals surface area contributed by atoms with Gasteiger partial charge >= 0.3 is 5.97 Å². The first-order chi connectivity index (χ1) is 10.8. The van der Waals surface area contributed by atoms with Crippen LogP contribution in [0.4, 0.5) is 0 Å². The number of ether oxygens (including phenoxy) is 1. The Balaban J connectivity index is 1.80. The minimum absolute atomic E-state index is 0.324. The van der Waals surface area contributed by atoms with E-state index in [-0.39, 0.29) is 5.97 Å². The number of hydrogen-bond donors (Lipinski definition) is 0. The Morgan fingerprint density at radius 2 is 1.95 bits per heavy atom. The largest absolute Gasteiger partial charge is 0.461 e. The smallest absolute Gasteiger partial charge is 0.355 e. The van der Waals surface area contributed by atoms with Crippen molar-refractivity contribution in [1.29, 1.82) is 0 Å². The third-order valence-electron chi connectivity index (χ3n) is 3.82. The predicted molar refractivity (Wildman–Crippen MR) is 81.9 cm³/mol. The van der Waals surface area contributed by atoms with Crippen LogP contribution in [0, 0.1) is 5.92 Å². The molecular weight excluding hydrogens is 278 g/mol. The third kappa shape index (κ3) is 2.35. The van der Waals surface area contributed by atoms with Crippen molar-refractivity contribution in [3.05, 3.63) is 54.5 Å². The Bertz CT molecular complexity index is 822. The summed E-state index contributed by atoms with van der Waals surface area (Å²) in [6, 6.07) is 11.4. The quantitative estimate of drug-likeness (QED) is 0.694. The lowest BCUT2D eigenvalue weighted by atomic mass is 10.2. The van der Waals surface area contributed by atoms with E-state index in [0.29, 0.717) is 24.2 Å². The maximum atomic E-state index is 12.4. The van der Waals surface area contributed by atoms with Crippen molar-refractivity contribution in [2.45, 2.75) is 12.8 Å². The van der Waals surface area contributed by atoms with Gasteiger partial charge in [-0.15, -0.1) is 0 Å². The molecule has 0 N–H and O–H groups in total. The van der Waals surface area contributed by atoms with E-state index in [4.69, 9.17) is 4.74 Å². The van der Waals surface area contributed by atoms with Gasteiger partial charge in [0.2, 0.25) is 5.95 Å². The van der Waals surface area contributed by atoms with Gasteiger partial charge in [-0.3, -0.25) is 4.57 Å². The number of aromatic nitrogens is 3. The normalized spacial score (nSPS) is 14.2. The van der Waals surface area contributed by atoms with Gasteiger partial charge in [0.1, 0.15) is 5.69 Å². The number of carbonyl (C=O) groups excluding carboxylic acids is 1. The van der Waals surface area contributed by atoms with Crippen molar-refractivity contribution in [1.82, 2.24) is 14.5 Å². The SMILES string of the molecule is O=C(OCC1CC1)c1cc2ccccc2n1-c1ncccn1. The van der Waals surface area contributed by atoms with Gasteiger partial charge in [0.25, 0.3) is 0 Å². The fourth-order valence-corrected chi connectivity index (χ4v) is 2.48. The lowest BCUT2D eigenvalue weighted by Crippen LogP contribution is -2.14. The molecule has 0 aliphatic heterocycles. The first-order valence-corrected chi connectivity index (χ1v) is 7.38. The summed E-state index contributed by atoms with van der Waals surface area (Å²) < 4.78 is 7.18. The van der Waals surface area contributed by atoms with Crippen LogP contribution in [-0.2, 0) is 4.74 Å². The summed E-state index contributed by atoms with van der Waals surface area (Å²) in [7, 11) is 0. The first kappa shape index (κ1) is 13.0. The Hall–Kier alpha value is -2.69. The number of para-hydroxylation sites is 1. The molecule has 0 spiro atoms. The van der Waals surface area contributed by atoms with Gasteiger partial charge in [0.05, 0.1) is 12.1 Å². The third-order valence-corrected chi connectivity index (χ3v) is 3.82. The fourth-order valence-electron chi connectivity index (χ4n) is 2.48. The fraction of sp³-hybridized carbons (Fsp3) is 0.235. The maximum absolute atomic E-state index is 12.4. The molecule has 0 unspecified atom stereocenters. The van der Waals surface area contributed by atoms with Crippen LogP contribution in [0.3, 0.4) is 0 Å². The van der Waals surface area contributed by atoms with Crippen LogP contribution in [-0.4, -0.2) is 27.1 Å². The highest BCUT2D eigenvalue weighted by atomic mass is 16.5. The molecule has 5 nitrogen and oxygen atoms in total. The number of hydrogen-bond acceptors (Lipinski definition) is 4. The van der Waals surface area contributed by atoms with Crippen molar-refractivity contribution in [3.63, 3.8) is 0 Å². The Morgan fingerprint density at radius 1 is 1.18 bits per heavy atom. The standard InChI is InChI=1S/C17H15N3O2/c21-16(22-11-12-6-7-12)15-10-13-4-1-2-5-14(13)20(15)17-18-8-3-9-19-17/h1-5,8-10,12H,6-7,11H2. The van der Waals surface area contributed by atoms with Crippen molar-refractivity contribution in [2.24, 2.45) is 5.92 Å². The number of benzene rings is 1. The zero-order valence-corrected chi connectivity index (χ0v) is 12.0. The zero-order valence-electron chi connectivity index (χ0n) is 12.0. The molecule has 1 aliphatic rings. The monoisotopic (exact) mass is 293 g/mol. The van der Waals surface area contributed by atoms with Crippen molar-refractivity contribution >= 4 is 16.9 Å². The van der Waals surface area contributed by atoms with Crippen molar-refractivity contribution < 1.29 is 9.53 Å². The van der Waals surface area contributed by atoms with Crippen molar-refractivity contribution in [2.75, 3.05) is 6.61 Å².